The molecule has 2 aromatic carbocycles. The van der Waals surface area contributed by atoms with Crippen LogP contribution < -0.4 is 5.63 Å². The lowest BCUT2D eigenvalue weighted by molar-refractivity contribution is 0.555. The van der Waals surface area contributed by atoms with Gasteiger partial charge in [-0.1, -0.05) is 28.1 Å². The Morgan fingerprint density at radius 3 is 2.50 bits per heavy atom. The van der Waals surface area contributed by atoms with Crippen LogP contribution in [0.25, 0.3) is 22.1 Å². The van der Waals surface area contributed by atoms with Crippen LogP contribution in [-0.2, 0) is 0 Å². The normalized spacial score (nSPS) is 10.9. The van der Waals surface area contributed by atoms with E-state index < -0.39 is 0 Å². The fraction of sp³-hybridized carbons (Fsp3) is 0.0625. The first-order valence-electron chi connectivity index (χ1n) is 6.05. The second-order valence-corrected chi connectivity index (χ2v) is 5.45. The number of fused-ring (bicyclic) bond motifs is 1. The van der Waals surface area contributed by atoms with Crippen LogP contribution in [0.1, 0.15) is 5.56 Å². The molecular formula is C16H10BrFO2. The second kappa shape index (κ2) is 4.87. The summed E-state index contributed by atoms with van der Waals surface area (Å²) in [7, 11) is 0. The van der Waals surface area contributed by atoms with Crippen molar-refractivity contribution in [3.63, 3.8) is 0 Å². The van der Waals surface area contributed by atoms with E-state index in [9.17, 15) is 9.18 Å². The van der Waals surface area contributed by atoms with Crippen molar-refractivity contribution in [3.05, 3.63) is 68.7 Å². The molecule has 0 saturated carbocycles. The van der Waals surface area contributed by atoms with Gasteiger partial charge in [-0.25, -0.2) is 9.18 Å². The zero-order valence-corrected chi connectivity index (χ0v) is 12.2. The summed E-state index contributed by atoms with van der Waals surface area (Å²) < 4.78 is 19.2. The van der Waals surface area contributed by atoms with Crippen molar-refractivity contribution in [2.45, 2.75) is 6.92 Å². The van der Waals surface area contributed by atoms with Gasteiger partial charge in [0.2, 0.25) is 0 Å². The molecule has 0 atom stereocenters. The van der Waals surface area contributed by atoms with E-state index in [-0.39, 0.29) is 11.4 Å². The van der Waals surface area contributed by atoms with Crippen molar-refractivity contribution in [2.75, 3.05) is 0 Å². The monoisotopic (exact) mass is 332 g/mol. The quantitative estimate of drug-likeness (QED) is 0.606. The van der Waals surface area contributed by atoms with E-state index in [1.165, 1.54) is 12.1 Å². The number of rotatable bonds is 1. The van der Waals surface area contributed by atoms with E-state index in [2.05, 4.69) is 15.9 Å². The maximum Gasteiger partial charge on any atom is 0.339 e. The third kappa shape index (κ3) is 2.16. The molecular weight excluding hydrogens is 323 g/mol. The first-order chi connectivity index (χ1) is 9.56. The molecule has 0 fully saturated rings. The van der Waals surface area contributed by atoms with Crippen LogP contribution in [0.2, 0.25) is 0 Å². The number of hydrogen-bond donors (Lipinski definition) is 0. The number of benzene rings is 2. The highest BCUT2D eigenvalue weighted by atomic mass is 79.9. The highest BCUT2D eigenvalue weighted by Gasteiger charge is 2.13. The predicted octanol–water partition coefficient (Wildman–Crippen LogP) is 4.67. The molecule has 0 bridgehead atoms. The Hall–Kier alpha value is -1.94. The van der Waals surface area contributed by atoms with E-state index in [1.54, 1.807) is 25.1 Å². The summed E-state index contributed by atoms with van der Waals surface area (Å²) in [6.45, 7) is 1.71. The minimum absolute atomic E-state index is 0.304. The topological polar surface area (TPSA) is 30.2 Å². The first-order valence-corrected chi connectivity index (χ1v) is 6.84. The standard InChI is InChI=1S/C16H10BrFO2/c1-9-15(10-2-5-12(18)6-3-10)13-7-4-11(17)8-14(13)20-16(9)19/h2-8H,1H3. The van der Waals surface area contributed by atoms with Gasteiger partial charge in [-0.05, 0) is 42.8 Å². The molecule has 0 spiro atoms. The van der Waals surface area contributed by atoms with Crippen LogP contribution in [0, 0.1) is 12.7 Å². The lowest BCUT2D eigenvalue weighted by Crippen LogP contribution is -2.05. The molecule has 3 rings (SSSR count). The Labute approximate surface area is 123 Å². The first kappa shape index (κ1) is 13.1. The minimum atomic E-state index is -0.380. The van der Waals surface area contributed by atoms with Gasteiger partial charge in [0.1, 0.15) is 11.4 Å². The van der Waals surface area contributed by atoms with E-state index in [1.807, 2.05) is 12.1 Å². The molecule has 0 saturated heterocycles. The van der Waals surface area contributed by atoms with Crippen molar-refractivity contribution >= 4 is 26.9 Å². The highest BCUT2D eigenvalue weighted by molar-refractivity contribution is 9.10. The zero-order valence-electron chi connectivity index (χ0n) is 10.6. The summed E-state index contributed by atoms with van der Waals surface area (Å²) >= 11 is 3.35. The molecule has 20 heavy (non-hydrogen) atoms. The van der Waals surface area contributed by atoms with Crippen LogP contribution in [0.4, 0.5) is 4.39 Å². The van der Waals surface area contributed by atoms with E-state index in [0.29, 0.717) is 11.1 Å². The molecule has 0 aliphatic heterocycles. The summed E-state index contributed by atoms with van der Waals surface area (Å²) in [5.41, 5.74) is 2.23. The molecule has 0 amide bonds. The third-order valence-electron chi connectivity index (χ3n) is 3.23. The SMILES string of the molecule is Cc1c(-c2ccc(F)cc2)c2ccc(Br)cc2oc1=O. The van der Waals surface area contributed by atoms with Crippen LogP contribution in [-0.4, -0.2) is 0 Å². The zero-order chi connectivity index (χ0) is 14.3. The predicted molar refractivity (Wildman–Crippen MR) is 80.3 cm³/mol. The van der Waals surface area contributed by atoms with Crippen LogP contribution in [0.3, 0.4) is 0 Å². The molecule has 0 N–H and O–H groups in total. The molecule has 3 aromatic rings. The molecule has 0 aliphatic rings. The molecule has 4 heteroatoms. The van der Waals surface area contributed by atoms with E-state index >= 15 is 0 Å². The average molecular weight is 333 g/mol. The summed E-state index contributed by atoms with van der Waals surface area (Å²) in [6, 6.07) is 11.6. The van der Waals surface area contributed by atoms with Gasteiger partial charge in [-0.2, -0.15) is 0 Å². The van der Waals surface area contributed by atoms with E-state index in [4.69, 9.17) is 4.42 Å². The van der Waals surface area contributed by atoms with Gasteiger partial charge in [-0.15, -0.1) is 0 Å². The van der Waals surface area contributed by atoms with Gasteiger partial charge in [0.15, 0.2) is 0 Å². The molecule has 0 aliphatic carbocycles. The van der Waals surface area contributed by atoms with Gasteiger partial charge >= 0.3 is 5.63 Å². The largest absolute Gasteiger partial charge is 0.422 e. The molecule has 2 nitrogen and oxygen atoms in total. The van der Waals surface area contributed by atoms with Crippen LogP contribution in [0.5, 0.6) is 0 Å². The van der Waals surface area contributed by atoms with Gasteiger partial charge in [-0.3, -0.25) is 0 Å². The fourth-order valence-electron chi connectivity index (χ4n) is 2.26. The maximum absolute atomic E-state index is 13.1. The van der Waals surface area contributed by atoms with Crippen molar-refractivity contribution in [3.8, 4) is 11.1 Å². The molecule has 100 valence electrons. The fourth-order valence-corrected chi connectivity index (χ4v) is 2.60. The maximum atomic E-state index is 13.1. The Bertz CT molecular complexity index is 851. The Morgan fingerprint density at radius 1 is 1.10 bits per heavy atom. The molecule has 1 heterocycles. The van der Waals surface area contributed by atoms with Gasteiger partial charge < -0.3 is 4.42 Å². The second-order valence-electron chi connectivity index (χ2n) is 4.54. The lowest BCUT2D eigenvalue weighted by atomic mass is 9.98. The lowest BCUT2D eigenvalue weighted by Gasteiger charge is -2.09. The molecule has 0 radical (unpaired) electrons. The molecule has 1 aromatic heterocycles. The summed E-state index contributed by atoms with van der Waals surface area (Å²) in [4.78, 5) is 11.9. The third-order valence-corrected chi connectivity index (χ3v) is 3.72. The summed E-state index contributed by atoms with van der Waals surface area (Å²) in [5, 5.41) is 0.830. The van der Waals surface area contributed by atoms with Crippen molar-refractivity contribution in [2.24, 2.45) is 0 Å². The summed E-state index contributed by atoms with van der Waals surface area (Å²) in [6.07, 6.45) is 0. The highest BCUT2D eigenvalue weighted by Crippen LogP contribution is 2.31. The van der Waals surface area contributed by atoms with Gasteiger partial charge in [0.25, 0.3) is 0 Å². The van der Waals surface area contributed by atoms with Crippen molar-refractivity contribution < 1.29 is 8.81 Å². The van der Waals surface area contributed by atoms with Crippen LogP contribution in [0.15, 0.2) is 56.1 Å². The Balaban J connectivity index is 2.41. The van der Waals surface area contributed by atoms with Crippen LogP contribution >= 0.6 is 15.9 Å². The number of halogens is 2. The van der Waals surface area contributed by atoms with Gasteiger partial charge in [0, 0.05) is 21.0 Å². The van der Waals surface area contributed by atoms with Crippen molar-refractivity contribution in [1.29, 1.82) is 0 Å². The smallest absolute Gasteiger partial charge is 0.339 e. The summed E-state index contributed by atoms with van der Waals surface area (Å²) in [5.74, 6) is -0.304. The average Bonchev–Trinajstić information content (AvgIpc) is 2.42. The molecule has 0 unspecified atom stereocenters. The van der Waals surface area contributed by atoms with Gasteiger partial charge in [0.05, 0.1) is 0 Å². The van der Waals surface area contributed by atoms with Crippen molar-refractivity contribution in [1.82, 2.24) is 0 Å². The Morgan fingerprint density at radius 2 is 1.80 bits per heavy atom. The van der Waals surface area contributed by atoms with E-state index in [0.717, 1.165) is 21.0 Å². The number of hydrogen-bond acceptors (Lipinski definition) is 2. The minimum Gasteiger partial charge on any atom is -0.422 e. The Kier molecular flexibility index (Phi) is 3.18.